The van der Waals surface area contributed by atoms with Gasteiger partial charge in [-0.2, -0.15) is 0 Å². The lowest BCUT2D eigenvalue weighted by Gasteiger charge is -2.19. The first-order chi connectivity index (χ1) is 6.25. The summed E-state index contributed by atoms with van der Waals surface area (Å²) in [6.07, 6.45) is 0. The fourth-order valence-electron chi connectivity index (χ4n) is 1.76. The van der Waals surface area contributed by atoms with Gasteiger partial charge in [-0.1, -0.05) is 20.8 Å². The van der Waals surface area contributed by atoms with Gasteiger partial charge in [0.25, 0.3) is 5.24 Å². The van der Waals surface area contributed by atoms with Gasteiger partial charge in [-0.25, -0.2) is 0 Å². The van der Waals surface area contributed by atoms with Crippen LogP contribution in [0.4, 0.5) is 0 Å². The fraction of sp³-hybridized carbons (Fsp3) is 0.545. The third kappa shape index (κ3) is 1.85. The molecule has 0 saturated heterocycles. The van der Waals surface area contributed by atoms with E-state index in [1.165, 1.54) is 0 Å². The fourth-order valence-corrected chi connectivity index (χ4v) is 2.04. The first kappa shape index (κ1) is 11.3. The minimum atomic E-state index is -0.388. The Morgan fingerprint density at radius 1 is 1.43 bits per heavy atom. The summed E-state index contributed by atoms with van der Waals surface area (Å²) in [7, 11) is 1.88. The number of carbonyl (C=O) groups excluding carboxylic acids is 1. The molecule has 0 unspecified atom stereocenters. The van der Waals surface area contributed by atoms with Crippen molar-refractivity contribution in [1.82, 2.24) is 4.57 Å². The van der Waals surface area contributed by atoms with Crippen LogP contribution < -0.4 is 0 Å². The van der Waals surface area contributed by atoms with Gasteiger partial charge in [-0.15, -0.1) is 0 Å². The van der Waals surface area contributed by atoms with Crippen LogP contribution in [0.5, 0.6) is 0 Å². The van der Waals surface area contributed by atoms with Gasteiger partial charge in [0.05, 0.1) is 0 Å². The Morgan fingerprint density at radius 2 is 1.93 bits per heavy atom. The Morgan fingerprint density at radius 3 is 2.14 bits per heavy atom. The molecule has 1 aromatic rings. The molecular formula is C11H16ClNO. The topological polar surface area (TPSA) is 22.0 Å². The molecule has 2 nitrogen and oxygen atoms in total. The number of hydrogen-bond donors (Lipinski definition) is 0. The van der Waals surface area contributed by atoms with Crippen LogP contribution in [0, 0.1) is 6.92 Å². The highest BCUT2D eigenvalue weighted by atomic mass is 35.5. The monoisotopic (exact) mass is 213 g/mol. The minimum absolute atomic E-state index is 0.0318. The van der Waals surface area contributed by atoms with E-state index in [9.17, 15) is 4.79 Å². The van der Waals surface area contributed by atoms with E-state index in [-0.39, 0.29) is 10.7 Å². The molecule has 1 rings (SSSR count). The molecule has 14 heavy (non-hydrogen) atoms. The lowest BCUT2D eigenvalue weighted by atomic mass is 9.92. The van der Waals surface area contributed by atoms with Crippen molar-refractivity contribution < 1.29 is 4.79 Å². The molecule has 78 valence electrons. The van der Waals surface area contributed by atoms with Crippen molar-refractivity contribution in [3.63, 3.8) is 0 Å². The van der Waals surface area contributed by atoms with E-state index in [1.54, 1.807) is 0 Å². The van der Waals surface area contributed by atoms with Gasteiger partial charge < -0.3 is 4.57 Å². The number of aryl methyl sites for hydroxylation is 1. The molecule has 0 bridgehead atoms. The maximum absolute atomic E-state index is 11.2. The first-order valence-corrected chi connectivity index (χ1v) is 4.99. The van der Waals surface area contributed by atoms with Gasteiger partial charge in [0.1, 0.15) is 5.69 Å². The van der Waals surface area contributed by atoms with Crippen molar-refractivity contribution in [3.05, 3.63) is 23.0 Å². The lowest BCUT2D eigenvalue weighted by Crippen LogP contribution is -2.17. The maximum Gasteiger partial charge on any atom is 0.269 e. The van der Waals surface area contributed by atoms with Crippen molar-refractivity contribution in [3.8, 4) is 0 Å². The molecule has 0 amide bonds. The third-order valence-electron chi connectivity index (χ3n) is 2.38. The standard InChI is InChI=1S/C11H16ClNO/c1-7-6-8(11(2,3)4)13(5)9(7)10(12)14/h6H,1-5H3. The van der Waals surface area contributed by atoms with Crippen LogP contribution in [0.3, 0.4) is 0 Å². The Bertz CT molecular complexity index is 371. The molecule has 0 aromatic carbocycles. The van der Waals surface area contributed by atoms with Crippen LogP contribution in [0.2, 0.25) is 0 Å². The Labute approximate surface area is 89.9 Å². The highest BCUT2D eigenvalue weighted by Crippen LogP contribution is 2.27. The maximum atomic E-state index is 11.2. The van der Waals surface area contributed by atoms with Gasteiger partial charge in [0.2, 0.25) is 0 Å². The quantitative estimate of drug-likeness (QED) is 0.658. The Balaban J connectivity index is 3.39. The second-order valence-corrected chi connectivity index (χ2v) is 4.99. The molecule has 0 spiro atoms. The highest BCUT2D eigenvalue weighted by Gasteiger charge is 2.22. The average Bonchev–Trinajstić information content (AvgIpc) is 2.24. The van der Waals surface area contributed by atoms with E-state index < -0.39 is 0 Å². The third-order valence-corrected chi connectivity index (χ3v) is 2.56. The largest absolute Gasteiger partial charge is 0.343 e. The summed E-state index contributed by atoms with van der Waals surface area (Å²) in [6, 6.07) is 2.02. The Kier molecular flexibility index (Phi) is 2.77. The number of aromatic nitrogens is 1. The van der Waals surface area contributed by atoms with Gasteiger partial charge in [0.15, 0.2) is 0 Å². The summed E-state index contributed by atoms with van der Waals surface area (Å²) in [4.78, 5) is 11.2. The zero-order valence-electron chi connectivity index (χ0n) is 9.31. The van der Waals surface area contributed by atoms with Crippen LogP contribution in [0.1, 0.15) is 42.5 Å². The summed E-state index contributed by atoms with van der Waals surface area (Å²) in [5.74, 6) is 0. The average molecular weight is 214 g/mol. The van der Waals surface area contributed by atoms with Crippen LogP contribution in [0.25, 0.3) is 0 Å². The predicted octanol–water partition coefficient (Wildman–Crippen LogP) is 3.01. The molecule has 0 aliphatic rings. The molecule has 1 aromatic heterocycles. The van der Waals surface area contributed by atoms with Gasteiger partial charge >= 0.3 is 0 Å². The molecule has 0 radical (unpaired) electrons. The van der Waals surface area contributed by atoms with E-state index in [1.807, 2.05) is 24.6 Å². The SMILES string of the molecule is Cc1cc(C(C)(C)C)n(C)c1C(=O)Cl. The first-order valence-electron chi connectivity index (χ1n) is 4.61. The number of nitrogens with zero attached hydrogens (tertiary/aromatic N) is 1. The van der Waals surface area contributed by atoms with E-state index >= 15 is 0 Å². The van der Waals surface area contributed by atoms with Crippen molar-refractivity contribution >= 4 is 16.8 Å². The van der Waals surface area contributed by atoms with Crippen LogP contribution in [0.15, 0.2) is 6.07 Å². The molecule has 0 atom stereocenters. The number of carbonyl (C=O) groups is 1. The predicted molar refractivity (Wildman–Crippen MR) is 59.0 cm³/mol. The lowest BCUT2D eigenvalue weighted by molar-refractivity contribution is 0.107. The van der Waals surface area contributed by atoms with Crippen LogP contribution in [-0.4, -0.2) is 9.81 Å². The molecule has 1 heterocycles. The van der Waals surface area contributed by atoms with Gasteiger partial charge in [-0.3, -0.25) is 4.79 Å². The molecule has 3 heteroatoms. The minimum Gasteiger partial charge on any atom is -0.343 e. The van der Waals surface area contributed by atoms with E-state index in [2.05, 4.69) is 20.8 Å². The summed E-state index contributed by atoms with van der Waals surface area (Å²) in [6.45, 7) is 8.25. The van der Waals surface area contributed by atoms with Gasteiger partial charge in [-0.05, 0) is 30.2 Å². The van der Waals surface area contributed by atoms with E-state index in [0.29, 0.717) is 5.69 Å². The van der Waals surface area contributed by atoms with E-state index in [0.717, 1.165) is 11.3 Å². The van der Waals surface area contributed by atoms with Crippen molar-refractivity contribution in [2.24, 2.45) is 7.05 Å². The smallest absolute Gasteiger partial charge is 0.269 e. The van der Waals surface area contributed by atoms with E-state index in [4.69, 9.17) is 11.6 Å². The molecule has 0 saturated carbocycles. The second kappa shape index (κ2) is 3.43. The number of hydrogen-bond acceptors (Lipinski definition) is 1. The van der Waals surface area contributed by atoms with Crippen LogP contribution in [-0.2, 0) is 12.5 Å². The molecular weight excluding hydrogens is 198 g/mol. The molecule has 0 fully saturated rings. The molecule has 0 N–H and O–H groups in total. The second-order valence-electron chi connectivity index (χ2n) is 4.64. The summed E-state index contributed by atoms with van der Waals surface area (Å²) in [5.41, 5.74) is 2.69. The normalized spacial score (nSPS) is 11.9. The summed E-state index contributed by atoms with van der Waals surface area (Å²) < 4.78 is 1.88. The number of halogens is 1. The van der Waals surface area contributed by atoms with Crippen molar-refractivity contribution in [1.29, 1.82) is 0 Å². The molecule has 0 aliphatic carbocycles. The van der Waals surface area contributed by atoms with Crippen molar-refractivity contribution in [2.45, 2.75) is 33.1 Å². The summed E-state index contributed by atoms with van der Waals surface area (Å²) in [5, 5.41) is -0.388. The van der Waals surface area contributed by atoms with Gasteiger partial charge in [0, 0.05) is 18.2 Å². The highest BCUT2D eigenvalue weighted by molar-refractivity contribution is 6.67. The summed E-state index contributed by atoms with van der Waals surface area (Å²) >= 11 is 5.52. The number of rotatable bonds is 1. The van der Waals surface area contributed by atoms with Crippen LogP contribution >= 0.6 is 11.6 Å². The Hall–Kier alpha value is -0.760. The van der Waals surface area contributed by atoms with Crippen molar-refractivity contribution in [2.75, 3.05) is 0 Å². The molecule has 0 aliphatic heterocycles. The zero-order valence-corrected chi connectivity index (χ0v) is 10.1. The zero-order chi connectivity index (χ0) is 11.1.